The Labute approximate surface area is 108 Å². The minimum Gasteiger partial charge on any atom is -0.448 e. The number of benzene rings is 1. The highest BCUT2D eigenvalue weighted by molar-refractivity contribution is 9.10. The zero-order chi connectivity index (χ0) is 12.4. The summed E-state index contributed by atoms with van der Waals surface area (Å²) in [6.07, 6.45) is -0.391. The molecule has 17 heavy (non-hydrogen) atoms. The van der Waals surface area contributed by atoms with Crippen LogP contribution >= 0.6 is 15.9 Å². The van der Waals surface area contributed by atoms with E-state index in [4.69, 9.17) is 10.00 Å². The van der Waals surface area contributed by atoms with Gasteiger partial charge in [-0.05, 0) is 30.7 Å². The van der Waals surface area contributed by atoms with Crippen molar-refractivity contribution in [3.05, 3.63) is 28.2 Å². The first-order valence-electron chi connectivity index (χ1n) is 5.22. The average Bonchev–Trinajstić information content (AvgIpc) is 2.33. The van der Waals surface area contributed by atoms with Gasteiger partial charge in [-0.3, -0.25) is 4.90 Å². The number of nitriles is 1. The van der Waals surface area contributed by atoms with Crippen LogP contribution in [-0.2, 0) is 4.74 Å². The minimum absolute atomic E-state index is 0.182. The molecule has 1 aliphatic rings. The van der Waals surface area contributed by atoms with Gasteiger partial charge in [-0.25, -0.2) is 4.79 Å². The molecule has 0 spiro atoms. The quantitative estimate of drug-likeness (QED) is 0.800. The molecule has 0 radical (unpaired) electrons. The molecule has 0 aromatic heterocycles. The van der Waals surface area contributed by atoms with E-state index >= 15 is 0 Å². The number of amides is 1. The molecule has 1 atom stereocenters. The van der Waals surface area contributed by atoms with Crippen LogP contribution in [-0.4, -0.2) is 19.2 Å². The molecule has 2 rings (SSSR count). The minimum atomic E-state index is -0.391. The van der Waals surface area contributed by atoms with Crippen LogP contribution in [0.4, 0.5) is 10.5 Å². The van der Waals surface area contributed by atoms with Crippen LogP contribution in [0, 0.1) is 24.2 Å². The van der Waals surface area contributed by atoms with Crippen molar-refractivity contribution < 1.29 is 9.53 Å². The fourth-order valence-corrected chi connectivity index (χ4v) is 1.93. The van der Waals surface area contributed by atoms with Crippen molar-refractivity contribution in [3.63, 3.8) is 0 Å². The maximum absolute atomic E-state index is 11.6. The maximum atomic E-state index is 11.6. The number of hydrogen-bond acceptors (Lipinski definition) is 3. The van der Waals surface area contributed by atoms with E-state index in [1.807, 2.05) is 25.1 Å². The maximum Gasteiger partial charge on any atom is 0.414 e. The molecule has 1 amide bonds. The standard InChI is InChI=1S/C12H11BrN2O2/c1-8-4-10(2-3-11(8)13)15-6-9(5-14)7-17-12(15)16/h2-4,9H,6-7H2,1H3. The van der Waals surface area contributed by atoms with Crippen LogP contribution in [0.15, 0.2) is 22.7 Å². The van der Waals surface area contributed by atoms with Crippen LogP contribution in [0.5, 0.6) is 0 Å². The summed E-state index contributed by atoms with van der Waals surface area (Å²) in [7, 11) is 0. The van der Waals surface area contributed by atoms with Gasteiger partial charge in [0, 0.05) is 16.7 Å². The largest absolute Gasteiger partial charge is 0.448 e. The van der Waals surface area contributed by atoms with Gasteiger partial charge in [0.25, 0.3) is 0 Å². The van der Waals surface area contributed by atoms with E-state index < -0.39 is 6.09 Å². The fourth-order valence-electron chi connectivity index (χ4n) is 1.68. The third kappa shape index (κ3) is 2.42. The molecule has 1 aromatic carbocycles. The van der Waals surface area contributed by atoms with Crippen LogP contribution < -0.4 is 4.90 Å². The van der Waals surface area contributed by atoms with Crippen LogP contribution in [0.2, 0.25) is 0 Å². The van der Waals surface area contributed by atoms with Gasteiger partial charge in [0.2, 0.25) is 0 Å². The topological polar surface area (TPSA) is 53.3 Å². The molecule has 0 bridgehead atoms. The molecule has 4 nitrogen and oxygen atoms in total. The van der Waals surface area contributed by atoms with E-state index in [1.54, 1.807) is 0 Å². The molecule has 1 saturated heterocycles. The second kappa shape index (κ2) is 4.76. The van der Waals surface area contributed by atoms with Gasteiger partial charge in [-0.15, -0.1) is 0 Å². The monoisotopic (exact) mass is 294 g/mol. The third-order valence-corrected chi connectivity index (χ3v) is 3.56. The van der Waals surface area contributed by atoms with E-state index in [9.17, 15) is 4.79 Å². The van der Waals surface area contributed by atoms with Gasteiger partial charge in [-0.1, -0.05) is 15.9 Å². The fraction of sp³-hybridized carbons (Fsp3) is 0.333. The lowest BCUT2D eigenvalue weighted by atomic mass is 10.1. The lowest BCUT2D eigenvalue weighted by Gasteiger charge is -2.29. The average molecular weight is 295 g/mol. The summed E-state index contributed by atoms with van der Waals surface area (Å²) in [6, 6.07) is 7.73. The Balaban J connectivity index is 2.28. The Bertz CT molecular complexity index is 496. The van der Waals surface area contributed by atoms with Crippen molar-refractivity contribution in [2.75, 3.05) is 18.1 Å². The van der Waals surface area contributed by atoms with Crippen molar-refractivity contribution in [2.45, 2.75) is 6.92 Å². The second-order valence-electron chi connectivity index (χ2n) is 3.95. The van der Waals surface area contributed by atoms with Gasteiger partial charge in [0.05, 0.1) is 12.0 Å². The van der Waals surface area contributed by atoms with E-state index in [-0.39, 0.29) is 12.5 Å². The lowest BCUT2D eigenvalue weighted by molar-refractivity contribution is 0.127. The summed E-state index contributed by atoms with van der Waals surface area (Å²) in [4.78, 5) is 13.1. The molecule has 0 N–H and O–H groups in total. The van der Waals surface area contributed by atoms with Crippen molar-refractivity contribution >= 4 is 27.7 Å². The molecular weight excluding hydrogens is 284 g/mol. The molecule has 1 aliphatic heterocycles. The SMILES string of the molecule is Cc1cc(N2CC(C#N)COC2=O)ccc1Br. The number of hydrogen-bond donors (Lipinski definition) is 0. The predicted molar refractivity (Wildman–Crippen MR) is 66.7 cm³/mol. The Hall–Kier alpha value is -1.54. The molecule has 1 heterocycles. The third-order valence-electron chi connectivity index (χ3n) is 2.67. The Morgan fingerprint density at radius 1 is 1.59 bits per heavy atom. The van der Waals surface area contributed by atoms with E-state index in [2.05, 4.69) is 22.0 Å². The molecule has 0 aliphatic carbocycles. The zero-order valence-electron chi connectivity index (χ0n) is 9.31. The Kier molecular flexibility index (Phi) is 3.34. The van der Waals surface area contributed by atoms with Crippen molar-refractivity contribution in [1.29, 1.82) is 5.26 Å². The van der Waals surface area contributed by atoms with Crippen LogP contribution in [0.1, 0.15) is 5.56 Å². The number of halogens is 1. The summed E-state index contributed by atoms with van der Waals surface area (Å²) < 4.78 is 5.96. The van der Waals surface area contributed by atoms with Crippen LogP contribution in [0.3, 0.4) is 0 Å². The van der Waals surface area contributed by atoms with Gasteiger partial charge in [0.1, 0.15) is 6.61 Å². The van der Waals surface area contributed by atoms with Crippen LogP contribution in [0.25, 0.3) is 0 Å². The highest BCUT2D eigenvalue weighted by Crippen LogP contribution is 2.25. The van der Waals surface area contributed by atoms with Gasteiger partial charge in [0.15, 0.2) is 0 Å². The zero-order valence-corrected chi connectivity index (χ0v) is 10.9. The van der Waals surface area contributed by atoms with Gasteiger partial charge in [-0.2, -0.15) is 5.26 Å². The molecule has 5 heteroatoms. The number of carbonyl (C=O) groups excluding carboxylic acids is 1. The number of carbonyl (C=O) groups is 1. The normalized spacial score (nSPS) is 19.7. The number of rotatable bonds is 1. The molecular formula is C12H11BrN2O2. The Morgan fingerprint density at radius 2 is 2.35 bits per heavy atom. The first-order chi connectivity index (χ1) is 8.11. The summed E-state index contributed by atoms with van der Waals surface area (Å²) in [6.45, 7) is 2.52. The number of nitrogens with zero attached hydrogens (tertiary/aromatic N) is 2. The van der Waals surface area contributed by atoms with E-state index in [0.717, 1.165) is 15.7 Å². The lowest BCUT2D eigenvalue weighted by Crippen LogP contribution is -2.42. The van der Waals surface area contributed by atoms with E-state index in [0.29, 0.717) is 6.54 Å². The van der Waals surface area contributed by atoms with E-state index in [1.165, 1.54) is 4.90 Å². The second-order valence-corrected chi connectivity index (χ2v) is 4.80. The summed E-state index contributed by atoms with van der Waals surface area (Å²) in [5.41, 5.74) is 1.80. The summed E-state index contributed by atoms with van der Waals surface area (Å²) >= 11 is 3.41. The highest BCUT2D eigenvalue weighted by Gasteiger charge is 2.28. The number of ether oxygens (including phenoxy) is 1. The summed E-state index contributed by atoms with van der Waals surface area (Å²) in [5.74, 6) is -0.267. The smallest absolute Gasteiger partial charge is 0.414 e. The molecule has 1 unspecified atom stereocenters. The number of anilines is 1. The predicted octanol–water partition coefficient (Wildman–Crippen LogP) is 2.85. The number of aryl methyl sites for hydroxylation is 1. The van der Waals surface area contributed by atoms with Crippen molar-refractivity contribution in [1.82, 2.24) is 0 Å². The van der Waals surface area contributed by atoms with Crippen molar-refractivity contribution in [2.24, 2.45) is 5.92 Å². The first kappa shape index (κ1) is 11.9. The van der Waals surface area contributed by atoms with Crippen molar-refractivity contribution in [3.8, 4) is 6.07 Å². The Morgan fingerprint density at radius 3 is 3.00 bits per heavy atom. The first-order valence-corrected chi connectivity index (χ1v) is 6.01. The molecule has 1 fully saturated rings. The highest BCUT2D eigenvalue weighted by atomic mass is 79.9. The number of cyclic esters (lactones) is 1. The van der Waals surface area contributed by atoms with Gasteiger partial charge >= 0.3 is 6.09 Å². The molecule has 1 aromatic rings. The molecule has 0 saturated carbocycles. The summed E-state index contributed by atoms with van der Waals surface area (Å²) in [5, 5.41) is 8.87. The molecule has 88 valence electrons. The van der Waals surface area contributed by atoms with Gasteiger partial charge < -0.3 is 4.74 Å².